The van der Waals surface area contributed by atoms with Crippen LogP contribution in [0.3, 0.4) is 0 Å². The summed E-state index contributed by atoms with van der Waals surface area (Å²) in [5.41, 5.74) is 1.18. The molecule has 2 aliphatic heterocycles. The first-order chi connectivity index (χ1) is 14.7. The SMILES string of the molecule is COCCN(C[C@@H]1CCCN2CCCC[C@@H]12)C(=O)Cn1cnc2c(OC)ncnc21. The van der Waals surface area contributed by atoms with Gasteiger partial charge in [-0.1, -0.05) is 6.42 Å². The van der Waals surface area contributed by atoms with Gasteiger partial charge in [0.1, 0.15) is 12.9 Å². The fraction of sp³-hybridized carbons (Fsp3) is 0.714. The van der Waals surface area contributed by atoms with Crippen molar-refractivity contribution in [2.75, 3.05) is 47.0 Å². The van der Waals surface area contributed by atoms with Gasteiger partial charge in [-0.2, -0.15) is 4.98 Å². The smallest absolute Gasteiger partial charge is 0.245 e. The molecule has 2 aromatic heterocycles. The molecule has 2 aromatic rings. The van der Waals surface area contributed by atoms with E-state index < -0.39 is 0 Å². The molecule has 4 heterocycles. The first-order valence-corrected chi connectivity index (χ1v) is 10.9. The summed E-state index contributed by atoms with van der Waals surface area (Å²) in [6, 6.07) is 0.608. The lowest BCUT2D eigenvalue weighted by molar-refractivity contribution is -0.134. The van der Waals surface area contributed by atoms with Gasteiger partial charge >= 0.3 is 0 Å². The molecule has 164 valence electrons. The molecule has 0 bridgehead atoms. The van der Waals surface area contributed by atoms with E-state index in [1.165, 1.54) is 51.5 Å². The minimum Gasteiger partial charge on any atom is -0.479 e. The maximum atomic E-state index is 13.3. The third kappa shape index (κ3) is 4.41. The second-order valence-corrected chi connectivity index (χ2v) is 8.26. The van der Waals surface area contributed by atoms with Gasteiger partial charge in [-0.25, -0.2) is 9.97 Å². The molecule has 2 fully saturated rings. The first kappa shape index (κ1) is 21.0. The van der Waals surface area contributed by atoms with Gasteiger partial charge in [-0.3, -0.25) is 4.79 Å². The highest BCUT2D eigenvalue weighted by Crippen LogP contribution is 2.31. The van der Waals surface area contributed by atoms with Gasteiger partial charge in [0, 0.05) is 26.2 Å². The second-order valence-electron chi connectivity index (χ2n) is 8.26. The summed E-state index contributed by atoms with van der Waals surface area (Å²) in [6.45, 7) is 4.53. The fourth-order valence-electron chi connectivity index (χ4n) is 4.96. The Morgan fingerprint density at radius 3 is 2.87 bits per heavy atom. The molecule has 0 aromatic carbocycles. The van der Waals surface area contributed by atoms with E-state index >= 15 is 0 Å². The predicted octanol–water partition coefficient (Wildman–Crippen LogP) is 1.57. The summed E-state index contributed by atoms with van der Waals surface area (Å²) in [6.07, 6.45) is 9.33. The molecule has 30 heavy (non-hydrogen) atoms. The molecule has 0 aliphatic carbocycles. The highest BCUT2D eigenvalue weighted by Gasteiger charge is 2.34. The Kier molecular flexibility index (Phi) is 6.79. The van der Waals surface area contributed by atoms with E-state index in [4.69, 9.17) is 9.47 Å². The van der Waals surface area contributed by atoms with Crippen LogP contribution in [0, 0.1) is 5.92 Å². The van der Waals surface area contributed by atoms with Crippen molar-refractivity contribution in [2.24, 2.45) is 5.92 Å². The number of amides is 1. The number of nitrogens with zero attached hydrogens (tertiary/aromatic N) is 6. The number of rotatable bonds is 8. The van der Waals surface area contributed by atoms with Gasteiger partial charge in [0.25, 0.3) is 0 Å². The van der Waals surface area contributed by atoms with Crippen molar-refractivity contribution in [2.45, 2.75) is 44.7 Å². The van der Waals surface area contributed by atoms with Crippen molar-refractivity contribution < 1.29 is 14.3 Å². The Labute approximate surface area is 177 Å². The summed E-state index contributed by atoms with van der Waals surface area (Å²) in [5.74, 6) is 1.01. The lowest BCUT2D eigenvalue weighted by Gasteiger charge is -2.45. The largest absolute Gasteiger partial charge is 0.479 e. The molecule has 0 N–H and O–H groups in total. The van der Waals surface area contributed by atoms with E-state index in [0.29, 0.717) is 42.2 Å². The average Bonchev–Trinajstić information content (AvgIpc) is 3.19. The van der Waals surface area contributed by atoms with E-state index in [1.807, 2.05) is 4.90 Å². The molecule has 2 atom stereocenters. The van der Waals surface area contributed by atoms with E-state index in [-0.39, 0.29) is 12.5 Å². The maximum Gasteiger partial charge on any atom is 0.245 e. The average molecular weight is 417 g/mol. The number of piperidine rings is 2. The number of carbonyl (C=O) groups excluding carboxylic acids is 1. The summed E-state index contributed by atoms with van der Waals surface area (Å²) < 4.78 is 12.3. The zero-order chi connectivity index (χ0) is 20.9. The van der Waals surface area contributed by atoms with Crippen molar-refractivity contribution in [3.63, 3.8) is 0 Å². The molecule has 1 amide bonds. The second kappa shape index (κ2) is 9.70. The molecule has 9 heteroatoms. The third-order valence-electron chi connectivity index (χ3n) is 6.47. The fourth-order valence-corrected chi connectivity index (χ4v) is 4.96. The minimum atomic E-state index is 0.0665. The molecule has 2 saturated heterocycles. The normalized spacial score (nSPS) is 22.1. The van der Waals surface area contributed by atoms with Crippen molar-refractivity contribution in [1.82, 2.24) is 29.3 Å². The monoisotopic (exact) mass is 416 g/mol. The van der Waals surface area contributed by atoms with E-state index in [1.54, 1.807) is 25.1 Å². The molecule has 0 unspecified atom stereocenters. The number of aromatic nitrogens is 4. The Hall–Kier alpha value is -2.26. The lowest BCUT2D eigenvalue weighted by atomic mass is 9.83. The van der Waals surface area contributed by atoms with E-state index in [0.717, 1.165) is 6.54 Å². The number of imidazole rings is 1. The van der Waals surface area contributed by atoms with Crippen LogP contribution < -0.4 is 4.74 Å². The Bertz CT molecular complexity index is 854. The zero-order valence-corrected chi connectivity index (χ0v) is 18.0. The topological polar surface area (TPSA) is 85.6 Å². The molecule has 0 spiro atoms. The minimum absolute atomic E-state index is 0.0665. The van der Waals surface area contributed by atoms with E-state index in [9.17, 15) is 4.79 Å². The number of hydrogen-bond acceptors (Lipinski definition) is 7. The summed E-state index contributed by atoms with van der Waals surface area (Å²) in [7, 11) is 3.23. The Balaban J connectivity index is 1.48. The van der Waals surface area contributed by atoms with Gasteiger partial charge in [-0.05, 0) is 44.7 Å². The first-order valence-electron chi connectivity index (χ1n) is 10.9. The third-order valence-corrected chi connectivity index (χ3v) is 6.47. The number of hydrogen-bond donors (Lipinski definition) is 0. The van der Waals surface area contributed by atoms with Gasteiger partial charge in [0.2, 0.25) is 11.8 Å². The van der Waals surface area contributed by atoms with E-state index in [2.05, 4.69) is 19.9 Å². The predicted molar refractivity (Wildman–Crippen MR) is 112 cm³/mol. The summed E-state index contributed by atoms with van der Waals surface area (Å²) in [5, 5.41) is 0. The van der Waals surface area contributed by atoms with Gasteiger partial charge in [0.05, 0.1) is 20.0 Å². The number of carbonyl (C=O) groups is 1. The molecule has 9 nitrogen and oxygen atoms in total. The van der Waals surface area contributed by atoms with Crippen LogP contribution in [0.5, 0.6) is 5.88 Å². The highest BCUT2D eigenvalue weighted by molar-refractivity contribution is 5.80. The molecule has 2 aliphatic rings. The van der Waals surface area contributed by atoms with Crippen LogP contribution in [0.25, 0.3) is 11.2 Å². The van der Waals surface area contributed by atoms with Crippen molar-refractivity contribution >= 4 is 17.1 Å². The highest BCUT2D eigenvalue weighted by atomic mass is 16.5. The van der Waals surface area contributed by atoms with Crippen LogP contribution in [0.15, 0.2) is 12.7 Å². The van der Waals surface area contributed by atoms with Gasteiger partial charge in [0.15, 0.2) is 11.2 Å². The van der Waals surface area contributed by atoms with Gasteiger partial charge in [-0.15, -0.1) is 0 Å². The standard InChI is InChI=1S/C21H32N6O3/c1-29-11-10-26(12-16-6-5-9-25-8-4-3-7-17(16)25)18(28)13-27-15-24-19-20(27)22-14-23-21(19)30-2/h14-17H,3-13H2,1-2H3/t16-,17-/m0/s1. The number of ether oxygens (including phenoxy) is 2. The zero-order valence-electron chi connectivity index (χ0n) is 18.0. The van der Waals surface area contributed by atoms with Crippen LogP contribution >= 0.6 is 0 Å². The Morgan fingerprint density at radius 2 is 2.03 bits per heavy atom. The van der Waals surface area contributed by atoms with Crippen molar-refractivity contribution in [3.05, 3.63) is 12.7 Å². The maximum absolute atomic E-state index is 13.3. The number of methoxy groups -OCH3 is 2. The molecule has 4 rings (SSSR count). The quantitative estimate of drug-likeness (QED) is 0.646. The Morgan fingerprint density at radius 1 is 1.17 bits per heavy atom. The molecular formula is C21H32N6O3. The number of fused-ring (bicyclic) bond motifs is 2. The summed E-state index contributed by atoms with van der Waals surface area (Å²) >= 11 is 0. The molecule has 0 saturated carbocycles. The van der Waals surface area contributed by atoms with Gasteiger partial charge < -0.3 is 23.8 Å². The lowest BCUT2D eigenvalue weighted by Crippen LogP contribution is -2.52. The van der Waals surface area contributed by atoms with Crippen molar-refractivity contribution in [3.8, 4) is 5.88 Å². The summed E-state index contributed by atoms with van der Waals surface area (Å²) in [4.78, 5) is 30.6. The van der Waals surface area contributed by atoms with Crippen LogP contribution in [0.1, 0.15) is 32.1 Å². The molecule has 0 radical (unpaired) electrons. The van der Waals surface area contributed by atoms with Crippen molar-refractivity contribution in [1.29, 1.82) is 0 Å². The van der Waals surface area contributed by atoms with Crippen LogP contribution in [0.4, 0.5) is 0 Å². The molecular weight excluding hydrogens is 384 g/mol. The van der Waals surface area contributed by atoms with Crippen LogP contribution in [-0.2, 0) is 16.1 Å². The van der Waals surface area contributed by atoms with Crippen LogP contribution in [-0.4, -0.2) is 88.3 Å². The van der Waals surface area contributed by atoms with Crippen LogP contribution in [0.2, 0.25) is 0 Å².